The number of carbonyl (C=O) groups excluding carboxylic acids is 2. The van der Waals surface area contributed by atoms with Gasteiger partial charge in [0.1, 0.15) is 5.82 Å². The third-order valence-electron chi connectivity index (χ3n) is 4.22. The molecule has 7 heteroatoms. The van der Waals surface area contributed by atoms with E-state index in [1.54, 1.807) is 12.1 Å². The van der Waals surface area contributed by atoms with Gasteiger partial charge in [-0.05, 0) is 24.3 Å². The highest BCUT2D eigenvalue weighted by Gasteiger charge is 2.30. The predicted molar refractivity (Wildman–Crippen MR) is 79.3 cm³/mol. The zero-order valence-electron chi connectivity index (χ0n) is 12.3. The smallest absolute Gasteiger partial charge is 0.324 e. The number of urea groups is 1. The van der Waals surface area contributed by atoms with E-state index < -0.39 is 0 Å². The van der Waals surface area contributed by atoms with E-state index in [1.165, 1.54) is 21.9 Å². The molecule has 0 aliphatic carbocycles. The molecule has 0 radical (unpaired) electrons. The lowest BCUT2D eigenvalue weighted by Gasteiger charge is -2.33. The van der Waals surface area contributed by atoms with Crippen LogP contribution in [-0.4, -0.2) is 62.7 Å². The molecule has 0 saturated carbocycles. The summed E-state index contributed by atoms with van der Waals surface area (Å²) in [6.07, 6.45) is 0. The van der Waals surface area contributed by atoms with Crippen molar-refractivity contribution in [2.45, 2.75) is 0 Å². The first-order valence-electron chi connectivity index (χ1n) is 7.56. The van der Waals surface area contributed by atoms with Crippen LogP contribution in [0.4, 0.5) is 14.9 Å². The highest BCUT2D eigenvalue weighted by molar-refractivity contribution is 5.96. The first kappa shape index (κ1) is 14.8. The van der Waals surface area contributed by atoms with Gasteiger partial charge in [-0.25, -0.2) is 9.18 Å². The van der Waals surface area contributed by atoms with Gasteiger partial charge >= 0.3 is 6.03 Å². The topological polar surface area (TPSA) is 57.1 Å². The van der Waals surface area contributed by atoms with E-state index in [2.05, 4.69) is 10.2 Å². The largest absolute Gasteiger partial charge is 0.360 e. The van der Waals surface area contributed by atoms with Crippen LogP contribution < -0.4 is 15.1 Å². The van der Waals surface area contributed by atoms with Gasteiger partial charge in [-0.3, -0.25) is 9.69 Å². The summed E-state index contributed by atoms with van der Waals surface area (Å²) in [6, 6.07) is 6.20. The minimum absolute atomic E-state index is 0.111. The number of carbonyl (C=O) groups is 2. The highest BCUT2D eigenvalue weighted by atomic mass is 19.1. The van der Waals surface area contributed by atoms with Crippen molar-refractivity contribution >= 4 is 17.6 Å². The van der Waals surface area contributed by atoms with Crippen LogP contribution in [-0.2, 0) is 4.79 Å². The number of hydrogen-bond donors (Lipinski definition) is 2. The van der Waals surface area contributed by atoms with Crippen molar-refractivity contribution in [1.29, 1.82) is 0 Å². The molecule has 3 amide bonds. The van der Waals surface area contributed by atoms with Crippen LogP contribution in [0.5, 0.6) is 0 Å². The van der Waals surface area contributed by atoms with Crippen molar-refractivity contribution < 1.29 is 18.9 Å². The van der Waals surface area contributed by atoms with Crippen molar-refractivity contribution in [3.63, 3.8) is 0 Å². The van der Waals surface area contributed by atoms with Crippen LogP contribution in [0.15, 0.2) is 24.3 Å². The number of quaternary nitrogens is 1. The first-order valence-corrected chi connectivity index (χ1v) is 7.56. The number of hydrogen-bond acceptors (Lipinski definition) is 3. The van der Waals surface area contributed by atoms with Crippen molar-refractivity contribution in [3.05, 3.63) is 30.1 Å². The lowest BCUT2D eigenvalue weighted by molar-refractivity contribution is -0.892. The van der Waals surface area contributed by atoms with E-state index in [1.807, 2.05) is 0 Å². The molecule has 22 heavy (non-hydrogen) atoms. The Balaban J connectivity index is 1.50. The number of piperazine rings is 1. The second-order valence-corrected chi connectivity index (χ2v) is 5.67. The quantitative estimate of drug-likeness (QED) is 0.760. The fourth-order valence-electron chi connectivity index (χ4n) is 2.93. The normalized spacial score (nSPS) is 19.4. The molecule has 2 aliphatic heterocycles. The molecule has 0 atom stereocenters. The maximum atomic E-state index is 12.9. The maximum absolute atomic E-state index is 12.9. The molecule has 1 aromatic carbocycles. The van der Waals surface area contributed by atoms with E-state index in [9.17, 15) is 14.0 Å². The average Bonchev–Trinajstić information content (AvgIpc) is 2.95. The van der Waals surface area contributed by atoms with Gasteiger partial charge in [-0.2, -0.15) is 0 Å². The summed E-state index contributed by atoms with van der Waals surface area (Å²) in [4.78, 5) is 28.2. The molecule has 0 spiro atoms. The van der Waals surface area contributed by atoms with Crippen molar-refractivity contribution in [2.24, 2.45) is 0 Å². The molecular weight excluding hydrogens is 287 g/mol. The monoisotopic (exact) mass is 307 g/mol. The summed E-state index contributed by atoms with van der Waals surface area (Å²) in [5.74, 6) is -0.345. The summed E-state index contributed by atoms with van der Waals surface area (Å²) < 4.78 is 12.9. The van der Waals surface area contributed by atoms with Gasteiger partial charge in [0, 0.05) is 18.8 Å². The van der Waals surface area contributed by atoms with Crippen LogP contribution >= 0.6 is 0 Å². The molecule has 2 fully saturated rings. The number of rotatable bonds is 3. The first-order chi connectivity index (χ1) is 10.6. The number of benzene rings is 1. The molecule has 0 aromatic heterocycles. The number of nitrogens with one attached hydrogen (secondary N) is 2. The summed E-state index contributed by atoms with van der Waals surface area (Å²) in [7, 11) is 0. The molecule has 2 heterocycles. The van der Waals surface area contributed by atoms with Crippen molar-refractivity contribution in [1.82, 2.24) is 10.2 Å². The third kappa shape index (κ3) is 3.19. The van der Waals surface area contributed by atoms with Gasteiger partial charge in [-0.1, -0.05) is 0 Å². The van der Waals surface area contributed by atoms with Gasteiger partial charge in [-0.15, -0.1) is 0 Å². The summed E-state index contributed by atoms with van der Waals surface area (Å²) in [6.45, 7) is 4.66. The Morgan fingerprint density at radius 1 is 1.18 bits per heavy atom. The Hall–Kier alpha value is -2.15. The Kier molecular flexibility index (Phi) is 4.24. The Morgan fingerprint density at radius 3 is 2.45 bits per heavy atom. The molecule has 3 rings (SSSR count). The number of halogens is 1. The second kappa shape index (κ2) is 6.31. The van der Waals surface area contributed by atoms with E-state index in [4.69, 9.17) is 0 Å². The molecule has 2 aliphatic rings. The van der Waals surface area contributed by atoms with Crippen molar-refractivity contribution in [3.8, 4) is 0 Å². The predicted octanol–water partition coefficient (Wildman–Crippen LogP) is -0.918. The van der Waals surface area contributed by atoms with Crippen LogP contribution in [0.3, 0.4) is 0 Å². The van der Waals surface area contributed by atoms with E-state index >= 15 is 0 Å². The molecule has 1 aromatic rings. The van der Waals surface area contributed by atoms with Crippen LogP contribution in [0.1, 0.15) is 0 Å². The fourth-order valence-corrected chi connectivity index (χ4v) is 2.93. The van der Waals surface area contributed by atoms with Crippen LogP contribution in [0.25, 0.3) is 0 Å². The van der Waals surface area contributed by atoms with Gasteiger partial charge < -0.3 is 15.1 Å². The SMILES string of the molecule is O=C(C[NH+]1CCN(c2ccc(F)cc2)CC1)N1CCNC1=O. The Bertz CT molecular complexity index is 555. The minimum Gasteiger partial charge on any atom is -0.360 e. The Morgan fingerprint density at radius 2 is 1.86 bits per heavy atom. The number of nitrogens with zero attached hydrogens (tertiary/aromatic N) is 2. The molecule has 0 bridgehead atoms. The van der Waals surface area contributed by atoms with Gasteiger partial charge in [0.2, 0.25) is 0 Å². The molecule has 2 saturated heterocycles. The standard InChI is InChI=1S/C15H19FN4O2/c16-12-1-3-13(4-2-12)19-9-7-18(8-10-19)11-14(21)20-6-5-17-15(20)22/h1-4H,5-11H2,(H,17,22)/p+1. The zero-order valence-corrected chi connectivity index (χ0v) is 12.3. The molecule has 0 unspecified atom stereocenters. The van der Waals surface area contributed by atoms with Gasteiger partial charge in [0.15, 0.2) is 6.54 Å². The second-order valence-electron chi connectivity index (χ2n) is 5.67. The summed E-state index contributed by atoms with van der Waals surface area (Å²) in [5.41, 5.74) is 1.01. The van der Waals surface area contributed by atoms with Crippen molar-refractivity contribution in [2.75, 3.05) is 50.7 Å². The number of imide groups is 1. The molecule has 118 valence electrons. The fraction of sp³-hybridized carbons (Fsp3) is 0.467. The zero-order chi connectivity index (χ0) is 15.5. The van der Waals surface area contributed by atoms with Crippen LogP contribution in [0, 0.1) is 5.82 Å². The summed E-state index contributed by atoms with van der Waals surface area (Å²) >= 11 is 0. The highest BCUT2D eigenvalue weighted by Crippen LogP contribution is 2.14. The Labute approximate surface area is 128 Å². The van der Waals surface area contributed by atoms with E-state index in [0.717, 1.165) is 31.9 Å². The third-order valence-corrected chi connectivity index (χ3v) is 4.22. The number of anilines is 1. The summed E-state index contributed by atoms with van der Waals surface area (Å²) in [5, 5.41) is 2.64. The molecule has 6 nitrogen and oxygen atoms in total. The van der Waals surface area contributed by atoms with Gasteiger partial charge in [0.25, 0.3) is 5.91 Å². The molecule has 2 N–H and O–H groups in total. The lowest BCUT2D eigenvalue weighted by atomic mass is 10.2. The van der Waals surface area contributed by atoms with Gasteiger partial charge in [0.05, 0.1) is 26.2 Å². The lowest BCUT2D eigenvalue weighted by Crippen LogP contribution is -3.16. The average molecular weight is 307 g/mol. The van der Waals surface area contributed by atoms with Crippen LogP contribution in [0.2, 0.25) is 0 Å². The van der Waals surface area contributed by atoms with E-state index in [0.29, 0.717) is 19.6 Å². The van der Waals surface area contributed by atoms with E-state index in [-0.39, 0.29) is 17.8 Å². The maximum Gasteiger partial charge on any atom is 0.324 e. The minimum atomic E-state index is -0.283. The number of amides is 3. The molecular formula is C15H20FN4O2+.